The van der Waals surface area contributed by atoms with Gasteiger partial charge in [0.1, 0.15) is 5.76 Å². The molecule has 2 aromatic heterocycles. The van der Waals surface area contributed by atoms with Gasteiger partial charge in [-0.2, -0.15) is 0 Å². The quantitative estimate of drug-likeness (QED) is 0.785. The van der Waals surface area contributed by atoms with Crippen molar-refractivity contribution < 1.29 is 9.32 Å². The number of carbonyl (C=O) groups is 1. The molecule has 4 nitrogen and oxygen atoms in total. The van der Waals surface area contributed by atoms with E-state index >= 15 is 0 Å². The van der Waals surface area contributed by atoms with Gasteiger partial charge >= 0.3 is 0 Å². The molecule has 0 aliphatic carbocycles. The third-order valence-corrected chi connectivity index (χ3v) is 4.33. The number of anilines is 1. The molecule has 1 aromatic carbocycles. The molecule has 0 aliphatic rings. The van der Waals surface area contributed by atoms with Gasteiger partial charge in [-0.05, 0) is 31.0 Å². The molecule has 1 N–H and O–H groups in total. The van der Waals surface area contributed by atoms with Gasteiger partial charge in [0, 0.05) is 10.9 Å². The maximum Gasteiger partial charge on any atom is 0.267 e. The number of carbonyl (C=O) groups excluding carboxylic acids is 1. The maximum absolute atomic E-state index is 12.2. The molecule has 0 saturated heterocycles. The molecule has 0 saturated carbocycles. The van der Waals surface area contributed by atoms with Crippen LogP contribution in [-0.4, -0.2) is 11.1 Å². The van der Waals surface area contributed by atoms with Gasteiger partial charge in [0.05, 0.1) is 4.88 Å². The van der Waals surface area contributed by atoms with Crippen LogP contribution in [0.3, 0.4) is 0 Å². The van der Waals surface area contributed by atoms with Crippen molar-refractivity contribution in [3.63, 3.8) is 0 Å². The number of aromatic nitrogens is 1. The minimum Gasteiger partial charge on any atom is -0.360 e. The number of hydrogen-bond acceptors (Lipinski definition) is 4. The lowest BCUT2D eigenvalue weighted by Gasteiger charge is -1.98. The lowest BCUT2D eigenvalue weighted by Crippen LogP contribution is -2.10. The highest BCUT2D eigenvalue weighted by Gasteiger charge is 2.15. The van der Waals surface area contributed by atoms with Crippen molar-refractivity contribution >= 4 is 23.1 Å². The summed E-state index contributed by atoms with van der Waals surface area (Å²) >= 11 is 1.48. The Balaban J connectivity index is 1.85. The van der Waals surface area contributed by atoms with Crippen LogP contribution in [0.15, 0.2) is 47.0 Å². The minimum absolute atomic E-state index is 0.168. The summed E-state index contributed by atoms with van der Waals surface area (Å²) in [6.45, 7) is 3.79. The summed E-state index contributed by atoms with van der Waals surface area (Å²) in [4.78, 5) is 14.0. The number of rotatable bonds is 3. The van der Waals surface area contributed by atoms with Crippen LogP contribution in [-0.2, 0) is 0 Å². The molecule has 0 fully saturated rings. The minimum atomic E-state index is -0.168. The van der Waals surface area contributed by atoms with E-state index in [1.807, 2.05) is 43.3 Å². The van der Waals surface area contributed by atoms with E-state index in [4.69, 9.17) is 4.52 Å². The zero-order chi connectivity index (χ0) is 14.8. The predicted molar refractivity (Wildman–Crippen MR) is 83.7 cm³/mol. The largest absolute Gasteiger partial charge is 0.360 e. The van der Waals surface area contributed by atoms with Crippen LogP contribution in [0, 0.1) is 13.8 Å². The highest BCUT2D eigenvalue weighted by molar-refractivity contribution is 7.17. The van der Waals surface area contributed by atoms with Gasteiger partial charge in [0.2, 0.25) is 0 Å². The number of hydrogen-bond donors (Lipinski definition) is 1. The Morgan fingerprint density at radius 1 is 1.19 bits per heavy atom. The fraction of sp³-hybridized carbons (Fsp3) is 0.125. The highest BCUT2D eigenvalue weighted by Crippen LogP contribution is 2.32. The van der Waals surface area contributed by atoms with Crippen molar-refractivity contribution in [3.8, 4) is 10.4 Å². The van der Waals surface area contributed by atoms with Crippen LogP contribution in [0.2, 0.25) is 0 Å². The molecule has 3 aromatic rings. The van der Waals surface area contributed by atoms with E-state index in [-0.39, 0.29) is 5.91 Å². The Hall–Kier alpha value is -2.40. The third-order valence-electron chi connectivity index (χ3n) is 3.05. The molecule has 21 heavy (non-hydrogen) atoms. The second kappa shape index (κ2) is 5.54. The SMILES string of the molecule is Cc1cc(NC(=O)c2cc(C)c(-c3ccccc3)s2)no1. The second-order valence-electron chi connectivity index (χ2n) is 4.77. The predicted octanol–water partition coefficient (Wildman–Crippen LogP) is 4.27. The van der Waals surface area contributed by atoms with Crippen LogP contribution in [0.25, 0.3) is 10.4 Å². The Labute approximate surface area is 126 Å². The third kappa shape index (κ3) is 2.87. The number of thiophene rings is 1. The zero-order valence-corrected chi connectivity index (χ0v) is 12.5. The van der Waals surface area contributed by atoms with Crippen LogP contribution < -0.4 is 5.32 Å². The average molecular weight is 298 g/mol. The molecule has 2 heterocycles. The van der Waals surface area contributed by atoms with Crippen LogP contribution in [0.4, 0.5) is 5.82 Å². The van der Waals surface area contributed by atoms with E-state index in [2.05, 4.69) is 10.5 Å². The smallest absolute Gasteiger partial charge is 0.267 e. The summed E-state index contributed by atoms with van der Waals surface area (Å²) in [5, 5.41) is 6.50. The van der Waals surface area contributed by atoms with Gasteiger partial charge in [-0.25, -0.2) is 0 Å². The van der Waals surface area contributed by atoms with E-state index < -0.39 is 0 Å². The summed E-state index contributed by atoms with van der Waals surface area (Å²) < 4.78 is 4.94. The van der Waals surface area contributed by atoms with Crippen molar-refractivity contribution in [2.75, 3.05) is 5.32 Å². The first-order chi connectivity index (χ1) is 10.1. The molecular weight excluding hydrogens is 284 g/mol. The number of aryl methyl sites for hydroxylation is 2. The molecule has 0 unspecified atom stereocenters. The fourth-order valence-corrected chi connectivity index (χ4v) is 3.15. The van der Waals surface area contributed by atoms with E-state index in [1.165, 1.54) is 11.3 Å². The monoisotopic (exact) mass is 298 g/mol. The average Bonchev–Trinajstić information content (AvgIpc) is 3.06. The number of nitrogens with zero attached hydrogens (tertiary/aromatic N) is 1. The number of benzene rings is 1. The first-order valence-corrected chi connectivity index (χ1v) is 7.35. The van der Waals surface area contributed by atoms with Crippen molar-refractivity contribution in [1.82, 2.24) is 5.16 Å². The Morgan fingerprint density at radius 2 is 1.95 bits per heavy atom. The molecule has 5 heteroatoms. The van der Waals surface area contributed by atoms with Gasteiger partial charge in [0.25, 0.3) is 5.91 Å². The Kier molecular flexibility index (Phi) is 3.58. The molecule has 3 rings (SSSR count). The van der Waals surface area contributed by atoms with Crippen molar-refractivity contribution in [2.45, 2.75) is 13.8 Å². The lowest BCUT2D eigenvalue weighted by atomic mass is 10.1. The van der Waals surface area contributed by atoms with E-state index in [0.29, 0.717) is 16.5 Å². The van der Waals surface area contributed by atoms with E-state index in [9.17, 15) is 4.79 Å². The van der Waals surface area contributed by atoms with Crippen LogP contribution in [0.1, 0.15) is 21.0 Å². The summed E-state index contributed by atoms with van der Waals surface area (Å²) in [6, 6.07) is 13.6. The van der Waals surface area contributed by atoms with Crippen molar-refractivity contribution in [2.24, 2.45) is 0 Å². The van der Waals surface area contributed by atoms with Gasteiger partial charge in [0.15, 0.2) is 5.82 Å². The van der Waals surface area contributed by atoms with Crippen LogP contribution in [0.5, 0.6) is 0 Å². The molecule has 0 radical (unpaired) electrons. The molecule has 0 atom stereocenters. The first kappa shape index (κ1) is 13.6. The molecule has 106 valence electrons. The Bertz CT molecular complexity index is 775. The lowest BCUT2D eigenvalue weighted by molar-refractivity contribution is 0.102. The summed E-state index contributed by atoms with van der Waals surface area (Å²) in [7, 11) is 0. The number of amides is 1. The number of nitrogens with one attached hydrogen (secondary N) is 1. The van der Waals surface area contributed by atoms with Crippen LogP contribution >= 0.6 is 11.3 Å². The van der Waals surface area contributed by atoms with Gasteiger partial charge in [-0.1, -0.05) is 35.5 Å². The summed E-state index contributed by atoms with van der Waals surface area (Å²) in [5.41, 5.74) is 2.21. The standard InChI is InChI=1S/C16H14N2O2S/c1-10-8-13(16(19)17-14-9-11(2)20-18-14)21-15(10)12-6-4-3-5-7-12/h3-9H,1-2H3,(H,17,18,19). The van der Waals surface area contributed by atoms with Crippen molar-refractivity contribution in [3.05, 3.63) is 58.7 Å². The zero-order valence-electron chi connectivity index (χ0n) is 11.7. The summed E-state index contributed by atoms with van der Waals surface area (Å²) in [5.74, 6) is 0.932. The Morgan fingerprint density at radius 3 is 2.62 bits per heavy atom. The van der Waals surface area contributed by atoms with Gasteiger partial charge in [-0.15, -0.1) is 11.3 Å². The molecule has 1 amide bonds. The van der Waals surface area contributed by atoms with Gasteiger partial charge < -0.3 is 9.84 Å². The normalized spacial score (nSPS) is 10.6. The topological polar surface area (TPSA) is 55.1 Å². The fourth-order valence-electron chi connectivity index (χ4n) is 2.07. The molecule has 0 aliphatic heterocycles. The molecule has 0 bridgehead atoms. The van der Waals surface area contributed by atoms with E-state index in [0.717, 1.165) is 16.0 Å². The second-order valence-corrected chi connectivity index (χ2v) is 5.82. The summed E-state index contributed by atoms with van der Waals surface area (Å²) in [6.07, 6.45) is 0. The first-order valence-electron chi connectivity index (χ1n) is 6.54. The highest BCUT2D eigenvalue weighted by atomic mass is 32.1. The molecule has 0 spiro atoms. The maximum atomic E-state index is 12.2. The molecular formula is C16H14N2O2S. The van der Waals surface area contributed by atoms with E-state index in [1.54, 1.807) is 13.0 Å². The van der Waals surface area contributed by atoms with Crippen molar-refractivity contribution in [1.29, 1.82) is 0 Å². The van der Waals surface area contributed by atoms with Gasteiger partial charge in [-0.3, -0.25) is 4.79 Å².